The highest BCUT2D eigenvalue weighted by atomic mass is 35.5. The predicted octanol–water partition coefficient (Wildman–Crippen LogP) is 3.72. The van der Waals surface area contributed by atoms with Crippen molar-refractivity contribution < 1.29 is 24.6 Å². The number of hydrogen-bond donors (Lipinski definition) is 2. The zero-order valence-electron chi connectivity index (χ0n) is 7.30. The van der Waals surface area contributed by atoms with Crippen LogP contribution in [0.25, 0.3) is 0 Å². The van der Waals surface area contributed by atoms with Gasteiger partial charge in [-0.05, 0) is 69.6 Å². The summed E-state index contributed by atoms with van der Waals surface area (Å²) in [6.45, 7) is -0.250. The van der Waals surface area contributed by atoms with E-state index in [1.807, 2.05) is 0 Å². The molecule has 0 aromatic heterocycles. The third-order valence-electron chi connectivity index (χ3n) is 0.1000. The van der Waals surface area contributed by atoms with Gasteiger partial charge in [0.15, 0.2) is 0 Å². The first kappa shape index (κ1) is 25.5. The van der Waals surface area contributed by atoms with Gasteiger partial charge >= 0.3 is 14.1 Å². The van der Waals surface area contributed by atoms with E-state index < -0.39 is 14.1 Å². The smallest absolute Gasteiger partial charge is 0.313 e. The molecule has 0 fully saturated rings. The molecule has 0 atom stereocenters. The molecule has 0 radical (unpaired) electrons. The Morgan fingerprint density at radius 2 is 0.688 bits per heavy atom. The summed E-state index contributed by atoms with van der Waals surface area (Å²) in [4.78, 5) is 26.9. The van der Waals surface area contributed by atoms with Crippen LogP contribution in [0.3, 0.4) is 0 Å². The SMILES string of the molecule is O=C(Cl)Cl.O=C(Cl)Cl.O=C(Cl)Cl.OCCO. The molecular weight excluding hydrogens is 353 g/mol. The summed E-state index contributed by atoms with van der Waals surface area (Å²) in [5, 5.41) is 15.2. The fourth-order valence-electron chi connectivity index (χ4n) is 0. The van der Waals surface area contributed by atoms with Crippen molar-refractivity contribution >= 4 is 83.7 Å². The van der Waals surface area contributed by atoms with Crippen molar-refractivity contribution in [3.05, 3.63) is 0 Å². The molecule has 5 nitrogen and oxygen atoms in total. The van der Waals surface area contributed by atoms with Crippen LogP contribution < -0.4 is 0 Å². The molecule has 2 N–H and O–H groups in total. The molecule has 0 amide bonds. The lowest BCUT2D eigenvalue weighted by Crippen LogP contribution is -1.85. The highest BCUT2D eigenvalue weighted by molar-refractivity contribution is 6.94. The number of carbonyl (C=O) groups excluding carboxylic acids is 3. The molecule has 0 rings (SSSR count). The van der Waals surface area contributed by atoms with Crippen LogP contribution in [0.1, 0.15) is 0 Å². The van der Waals surface area contributed by atoms with Crippen LogP contribution in [-0.4, -0.2) is 37.5 Å². The summed E-state index contributed by atoms with van der Waals surface area (Å²) in [6.07, 6.45) is 0. The second-order valence-corrected chi connectivity index (χ2v) is 3.76. The van der Waals surface area contributed by atoms with Crippen molar-refractivity contribution in [3.63, 3.8) is 0 Å². The molecule has 0 aromatic rings. The molecule has 0 aliphatic heterocycles. The Labute approximate surface area is 121 Å². The van der Waals surface area contributed by atoms with Gasteiger partial charge in [-0.3, -0.25) is 14.4 Å². The lowest BCUT2D eigenvalue weighted by atomic mass is 10.8. The van der Waals surface area contributed by atoms with E-state index in [1.165, 1.54) is 0 Å². The minimum atomic E-state index is -0.889. The van der Waals surface area contributed by atoms with Gasteiger partial charge in [0.25, 0.3) is 0 Å². The Balaban J connectivity index is -0.0000000600. The summed E-state index contributed by atoms with van der Waals surface area (Å²) in [5.74, 6) is 0. The molecule has 0 bridgehead atoms. The van der Waals surface area contributed by atoms with E-state index in [2.05, 4.69) is 69.6 Å². The molecule has 98 valence electrons. The number of aliphatic hydroxyl groups is 2. The van der Waals surface area contributed by atoms with Gasteiger partial charge in [-0.1, -0.05) is 0 Å². The fraction of sp³-hybridized carbons (Fsp3) is 0.400. The Kier molecular flexibility index (Phi) is 39.5. The molecule has 0 aliphatic rings. The van der Waals surface area contributed by atoms with Crippen LogP contribution >= 0.6 is 69.6 Å². The molecule has 0 unspecified atom stereocenters. The molecule has 0 saturated heterocycles. The van der Waals surface area contributed by atoms with E-state index in [1.54, 1.807) is 0 Å². The molecule has 0 aliphatic carbocycles. The van der Waals surface area contributed by atoms with E-state index in [4.69, 9.17) is 24.6 Å². The fourth-order valence-corrected chi connectivity index (χ4v) is 0. The van der Waals surface area contributed by atoms with Crippen LogP contribution in [0.5, 0.6) is 0 Å². The largest absolute Gasteiger partial charge is 0.394 e. The average Bonchev–Trinajstić information content (AvgIpc) is 2.00. The van der Waals surface area contributed by atoms with E-state index in [0.717, 1.165) is 0 Å². The second kappa shape index (κ2) is 24.8. The Bertz CT molecular complexity index is 144. The first-order valence-corrected chi connectivity index (χ1v) is 5.15. The number of aliphatic hydroxyl groups excluding tert-OH is 2. The van der Waals surface area contributed by atoms with Gasteiger partial charge in [-0.2, -0.15) is 0 Å². The third-order valence-corrected chi connectivity index (χ3v) is 0.1000. The van der Waals surface area contributed by atoms with E-state index in [-0.39, 0.29) is 13.2 Å². The molecule has 0 heterocycles. The molecule has 11 heteroatoms. The molecule has 0 saturated carbocycles. The lowest BCUT2D eigenvalue weighted by molar-refractivity contribution is 0.186. The van der Waals surface area contributed by atoms with Gasteiger partial charge in [0, 0.05) is 0 Å². The standard InChI is InChI=1S/C2H6O2.3CCl2O/c3-1-2-4;3*2-1(3)4/h3-4H,1-2H2;;;. The molecule has 16 heavy (non-hydrogen) atoms. The first-order chi connectivity index (χ1) is 7.11. The number of carbonyl (C=O) groups is 3. The summed E-state index contributed by atoms with van der Waals surface area (Å²) in [7, 11) is 0. The average molecular weight is 359 g/mol. The van der Waals surface area contributed by atoms with Crippen molar-refractivity contribution in [1.29, 1.82) is 0 Å². The van der Waals surface area contributed by atoms with Gasteiger partial charge in [0.2, 0.25) is 0 Å². The highest BCUT2D eigenvalue weighted by Gasteiger charge is 1.72. The first-order valence-electron chi connectivity index (χ1n) is 2.88. The molecule has 0 spiro atoms. The molecular formula is C5H6Cl6O5. The van der Waals surface area contributed by atoms with Gasteiger partial charge in [0.05, 0.1) is 13.2 Å². The maximum Gasteiger partial charge on any atom is 0.313 e. The number of halogens is 6. The van der Waals surface area contributed by atoms with Gasteiger partial charge < -0.3 is 10.2 Å². The summed E-state index contributed by atoms with van der Waals surface area (Å²) < 4.78 is -2.67. The third kappa shape index (κ3) is 983. The van der Waals surface area contributed by atoms with Crippen LogP contribution in [-0.2, 0) is 0 Å². The van der Waals surface area contributed by atoms with Crippen LogP contribution in [0.2, 0.25) is 0 Å². The van der Waals surface area contributed by atoms with E-state index in [0.29, 0.717) is 0 Å². The van der Waals surface area contributed by atoms with Crippen molar-refractivity contribution in [3.8, 4) is 0 Å². The summed E-state index contributed by atoms with van der Waals surface area (Å²) in [6, 6.07) is 0. The van der Waals surface area contributed by atoms with E-state index in [9.17, 15) is 0 Å². The maximum absolute atomic E-state index is 8.98. The maximum atomic E-state index is 8.98. The summed E-state index contributed by atoms with van der Waals surface area (Å²) >= 11 is 26.4. The number of hydrogen-bond acceptors (Lipinski definition) is 5. The quantitative estimate of drug-likeness (QED) is 0.697. The van der Waals surface area contributed by atoms with Crippen LogP contribution in [0.4, 0.5) is 14.4 Å². The van der Waals surface area contributed by atoms with Gasteiger partial charge in [-0.25, -0.2) is 0 Å². The second-order valence-electron chi connectivity index (χ2n) is 1.12. The highest BCUT2D eigenvalue weighted by Crippen LogP contribution is 1.84. The Morgan fingerprint density at radius 3 is 0.688 bits per heavy atom. The zero-order valence-corrected chi connectivity index (χ0v) is 11.8. The summed E-state index contributed by atoms with van der Waals surface area (Å²) in [5.41, 5.74) is 0. The van der Waals surface area contributed by atoms with E-state index >= 15 is 0 Å². The minimum Gasteiger partial charge on any atom is -0.394 e. The predicted molar refractivity (Wildman–Crippen MR) is 65.5 cm³/mol. The van der Waals surface area contributed by atoms with Gasteiger partial charge in [-0.15, -0.1) is 0 Å². The van der Waals surface area contributed by atoms with Crippen molar-refractivity contribution in [2.75, 3.05) is 13.2 Å². The minimum absolute atomic E-state index is 0.125. The zero-order chi connectivity index (χ0) is 14.1. The topological polar surface area (TPSA) is 91.7 Å². The normalized spacial score (nSPS) is 6.75. The molecule has 0 aromatic carbocycles. The van der Waals surface area contributed by atoms with Crippen LogP contribution in [0, 0.1) is 0 Å². The van der Waals surface area contributed by atoms with Crippen molar-refractivity contribution in [2.45, 2.75) is 0 Å². The Hall–Kier alpha value is 0.670. The van der Waals surface area contributed by atoms with Crippen molar-refractivity contribution in [1.82, 2.24) is 0 Å². The monoisotopic (exact) mass is 356 g/mol. The van der Waals surface area contributed by atoms with Crippen LogP contribution in [0.15, 0.2) is 0 Å². The Morgan fingerprint density at radius 1 is 0.625 bits per heavy atom. The lowest BCUT2D eigenvalue weighted by Gasteiger charge is -1.70. The van der Waals surface area contributed by atoms with Gasteiger partial charge in [0.1, 0.15) is 0 Å². The van der Waals surface area contributed by atoms with Crippen molar-refractivity contribution in [2.24, 2.45) is 0 Å². The number of rotatable bonds is 1.